The van der Waals surface area contributed by atoms with Crippen LogP contribution in [-0.2, 0) is 9.84 Å². The first-order valence-corrected chi connectivity index (χ1v) is 7.31. The fourth-order valence-electron chi connectivity index (χ4n) is 1.36. The van der Waals surface area contributed by atoms with E-state index in [9.17, 15) is 13.2 Å². The van der Waals surface area contributed by atoms with E-state index in [4.69, 9.17) is 11.6 Å². The molecule has 1 rings (SSSR count). The number of sulfone groups is 1. The lowest BCUT2D eigenvalue weighted by molar-refractivity contribution is 0.0943. The van der Waals surface area contributed by atoms with Crippen molar-refractivity contribution in [2.75, 3.05) is 12.0 Å². The average molecular weight is 277 g/mol. The van der Waals surface area contributed by atoms with Crippen molar-refractivity contribution in [3.63, 3.8) is 0 Å². The van der Waals surface area contributed by atoms with Crippen molar-refractivity contribution in [3.05, 3.63) is 29.0 Å². The monoisotopic (exact) mass is 276 g/mol. The van der Waals surface area contributed by atoms with Crippen LogP contribution in [0.2, 0.25) is 5.02 Å². The van der Waals surface area contributed by atoms with Crippen molar-refractivity contribution in [3.8, 4) is 0 Å². The number of hydrogen-bond acceptors (Lipinski definition) is 4. The molecule has 94 valence electrons. The summed E-state index contributed by atoms with van der Waals surface area (Å²) in [4.78, 5) is 15.5. The third-order valence-electron chi connectivity index (χ3n) is 1.95. The summed E-state index contributed by atoms with van der Waals surface area (Å²) in [7, 11) is -3.12. The Kier molecular flexibility index (Phi) is 4.47. The molecule has 0 saturated carbocycles. The lowest BCUT2D eigenvalue weighted by Crippen LogP contribution is -2.37. The Morgan fingerprint density at radius 1 is 1.59 bits per heavy atom. The molecule has 1 heterocycles. The van der Waals surface area contributed by atoms with Crippen molar-refractivity contribution < 1.29 is 13.2 Å². The summed E-state index contributed by atoms with van der Waals surface area (Å²) in [5, 5.41) is 2.80. The van der Waals surface area contributed by atoms with Gasteiger partial charge in [0.15, 0.2) is 0 Å². The minimum absolute atomic E-state index is 0.110. The van der Waals surface area contributed by atoms with Gasteiger partial charge in [0.2, 0.25) is 0 Å². The second-order valence-corrected chi connectivity index (χ2v) is 6.41. The molecule has 1 atom stereocenters. The maximum atomic E-state index is 11.7. The van der Waals surface area contributed by atoms with Crippen LogP contribution in [0.1, 0.15) is 17.3 Å². The lowest BCUT2D eigenvalue weighted by Gasteiger charge is -2.13. The second kappa shape index (κ2) is 5.46. The summed E-state index contributed by atoms with van der Waals surface area (Å²) >= 11 is 5.79. The van der Waals surface area contributed by atoms with Crippen LogP contribution in [0.25, 0.3) is 0 Å². The highest BCUT2D eigenvalue weighted by molar-refractivity contribution is 7.90. The number of nitrogens with zero attached hydrogens (tertiary/aromatic N) is 1. The molecule has 0 aliphatic carbocycles. The molecule has 0 radical (unpaired) electrons. The zero-order chi connectivity index (χ0) is 13.1. The molecule has 0 aromatic carbocycles. The maximum absolute atomic E-state index is 11.7. The molecule has 1 unspecified atom stereocenters. The first-order chi connectivity index (χ1) is 7.79. The van der Waals surface area contributed by atoms with Gasteiger partial charge in [-0.05, 0) is 13.0 Å². The number of rotatable bonds is 4. The molecule has 0 bridgehead atoms. The zero-order valence-electron chi connectivity index (χ0n) is 9.47. The predicted octanol–water partition coefficient (Wildman–Crippen LogP) is 0.898. The summed E-state index contributed by atoms with van der Waals surface area (Å²) in [6.45, 7) is 1.62. The number of carbonyl (C=O) groups excluding carboxylic acids is 1. The highest BCUT2D eigenvalue weighted by Gasteiger charge is 2.15. The van der Waals surface area contributed by atoms with Gasteiger partial charge >= 0.3 is 0 Å². The van der Waals surface area contributed by atoms with Gasteiger partial charge < -0.3 is 5.32 Å². The van der Waals surface area contributed by atoms with Crippen LogP contribution in [-0.4, -0.2) is 37.4 Å². The fraction of sp³-hybridized carbons (Fsp3) is 0.400. The minimum Gasteiger partial charge on any atom is -0.349 e. The van der Waals surface area contributed by atoms with E-state index >= 15 is 0 Å². The van der Waals surface area contributed by atoms with Gasteiger partial charge in [0, 0.05) is 24.7 Å². The molecule has 0 fully saturated rings. The topological polar surface area (TPSA) is 76.1 Å². The average Bonchev–Trinajstić information content (AvgIpc) is 2.14. The van der Waals surface area contributed by atoms with E-state index in [-0.39, 0.29) is 16.3 Å². The van der Waals surface area contributed by atoms with Crippen molar-refractivity contribution in [2.24, 2.45) is 0 Å². The molecule has 0 aliphatic heterocycles. The summed E-state index contributed by atoms with van der Waals surface area (Å²) in [6, 6.07) is 1.01. The Labute approximate surface area is 105 Å². The van der Waals surface area contributed by atoms with E-state index in [0.29, 0.717) is 0 Å². The first kappa shape index (κ1) is 13.9. The quantitative estimate of drug-likeness (QED) is 0.886. The van der Waals surface area contributed by atoms with Gasteiger partial charge in [-0.2, -0.15) is 0 Å². The van der Waals surface area contributed by atoms with Gasteiger partial charge in [0.1, 0.15) is 9.84 Å². The van der Waals surface area contributed by atoms with Crippen LogP contribution in [0.15, 0.2) is 18.5 Å². The highest BCUT2D eigenvalue weighted by Crippen LogP contribution is 2.13. The number of nitrogens with one attached hydrogen (secondary N) is 1. The summed E-state index contributed by atoms with van der Waals surface area (Å²) in [5.41, 5.74) is 0.280. The number of hydrogen-bond donors (Lipinski definition) is 1. The van der Waals surface area contributed by atoms with Gasteiger partial charge in [-0.25, -0.2) is 8.42 Å². The van der Waals surface area contributed by atoms with E-state index < -0.39 is 21.8 Å². The molecule has 1 aromatic rings. The van der Waals surface area contributed by atoms with Gasteiger partial charge in [-0.15, -0.1) is 0 Å². The summed E-state index contributed by atoms with van der Waals surface area (Å²) < 4.78 is 22.1. The molecular formula is C10H13ClN2O3S. The van der Waals surface area contributed by atoms with Crippen LogP contribution < -0.4 is 5.32 Å². The van der Waals surface area contributed by atoms with E-state index in [0.717, 1.165) is 6.26 Å². The SMILES string of the molecule is CC(CS(C)(=O)=O)NC(=O)c1ccncc1Cl. The van der Waals surface area contributed by atoms with Crippen molar-refractivity contribution in [1.29, 1.82) is 0 Å². The number of carbonyl (C=O) groups is 1. The minimum atomic E-state index is -3.12. The molecule has 1 N–H and O–H groups in total. The van der Waals surface area contributed by atoms with Crippen LogP contribution in [0, 0.1) is 0 Å². The number of amides is 1. The van der Waals surface area contributed by atoms with Crippen molar-refractivity contribution in [1.82, 2.24) is 10.3 Å². The third kappa shape index (κ3) is 4.70. The molecule has 0 aliphatic rings. The second-order valence-electron chi connectivity index (χ2n) is 3.82. The molecular weight excluding hydrogens is 264 g/mol. The van der Waals surface area contributed by atoms with E-state index in [1.165, 1.54) is 18.5 Å². The number of halogens is 1. The lowest BCUT2D eigenvalue weighted by atomic mass is 10.2. The van der Waals surface area contributed by atoms with Crippen LogP contribution >= 0.6 is 11.6 Å². The molecule has 1 amide bonds. The number of aromatic nitrogens is 1. The maximum Gasteiger partial charge on any atom is 0.253 e. The van der Waals surface area contributed by atoms with Gasteiger partial charge in [-0.1, -0.05) is 11.6 Å². The van der Waals surface area contributed by atoms with Crippen LogP contribution in [0.4, 0.5) is 0 Å². The third-order valence-corrected chi connectivity index (χ3v) is 3.35. The standard InChI is InChI=1S/C10H13ClN2O3S/c1-7(6-17(2,15)16)13-10(14)8-3-4-12-5-9(8)11/h3-5,7H,6H2,1-2H3,(H,13,14). The van der Waals surface area contributed by atoms with Crippen molar-refractivity contribution in [2.45, 2.75) is 13.0 Å². The van der Waals surface area contributed by atoms with Crippen molar-refractivity contribution >= 4 is 27.3 Å². The van der Waals surface area contributed by atoms with Crippen LogP contribution in [0.5, 0.6) is 0 Å². The Hall–Kier alpha value is -1.14. The predicted molar refractivity (Wildman–Crippen MR) is 65.9 cm³/mol. The van der Waals surface area contributed by atoms with E-state index in [1.807, 2.05) is 0 Å². The highest BCUT2D eigenvalue weighted by atomic mass is 35.5. The van der Waals surface area contributed by atoms with Gasteiger partial charge in [0.25, 0.3) is 5.91 Å². The Morgan fingerprint density at radius 3 is 2.76 bits per heavy atom. The first-order valence-electron chi connectivity index (χ1n) is 4.87. The van der Waals surface area contributed by atoms with Crippen LogP contribution in [0.3, 0.4) is 0 Å². The molecule has 5 nitrogen and oxygen atoms in total. The van der Waals surface area contributed by atoms with E-state index in [2.05, 4.69) is 10.3 Å². The largest absolute Gasteiger partial charge is 0.349 e. The van der Waals surface area contributed by atoms with Gasteiger partial charge in [0.05, 0.1) is 16.3 Å². The molecule has 0 spiro atoms. The Balaban J connectivity index is 2.71. The van der Waals surface area contributed by atoms with Gasteiger partial charge in [-0.3, -0.25) is 9.78 Å². The molecule has 7 heteroatoms. The fourth-order valence-corrected chi connectivity index (χ4v) is 2.55. The Morgan fingerprint density at radius 2 is 2.24 bits per heavy atom. The number of pyridine rings is 1. The molecule has 0 saturated heterocycles. The van der Waals surface area contributed by atoms with E-state index in [1.54, 1.807) is 6.92 Å². The normalized spacial score (nSPS) is 13.1. The molecule has 17 heavy (non-hydrogen) atoms. The smallest absolute Gasteiger partial charge is 0.253 e. The Bertz CT molecular complexity index is 516. The summed E-state index contributed by atoms with van der Waals surface area (Å²) in [6.07, 6.45) is 3.93. The zero-order valence-corrected chi connectivity index (χ0v) is 11.0. The summed E-state index contributed by atoms with van der Waals surface area (Å²) in [5.74, 6) is -0.518. The molecule has 1 aromatic heterocycles.